The van der Waals surface area contributed by atoms with Crippen LogP contribution in [-0.2, 0) is 21.4 Å². The van der Waals surface area contributed by atoms with Crippen LogP contribution in [0.1, 0.15) is 11.1 Å². The van der Waals surface area contributed by atoms with Gasteiger partial charge in [0.05, 0.1) is 5.56 Å². The molecule has 0 heterocycles. The van der Waals surface area contributed by atoms with Gasteiger partial charge in [-0.25, -0.2) is 0 Å². The quantitative estimate of drug-likeness (QED) is 0.766. The minimum Gasteiger partial charge on any atom is -0.398 e. The molecule has 0 unspecified atom stereocenters. The van der Waals surface area contributed by atoms with Crippen LogP contribution in [0.25, 0.3) is 0 Å². The Balaban J connectivity index is 2.75. The summed E-state index contributed by atoms with van der Waals surface area (Å²) in [6.45, 7) is 1.89. The van der Waals surface area contributed by atoms with Crippen molar-refractivity contribution in [1.29, 1.82) is 0 Å². The van der Waals surface area contributed by atoms with Crippen LogP contribution in [0.3, 0.4) is 0 Å². The Morgan fingerprint density at radius 3 is 2.28 bits per heavy atom. The summed E-state index contributed by atoms with van der Waals surface area (Å²) in [5.41, 5.74) is 0.0378. The van der Waals surface area contributed by atoms with Gasteiger partial charge in [-0.05, 0) is 30.6 Å². The Bertz CT molecular complexity index is 389. The highest BCUT2D eigenvalue weighted by Crippen LogP contribution is 2.30. The molecule has 18 heavy (non-hydrogen) atoms. The summed E-state index contributed by atoms with van der Waals surface area (Å²) < 4.78 is 48.2. The highest BCUT2D eigenvalue weighted by molar-refractivity contribution is 6.65. The van der Waals surface area contributed by atoms with Crippen molar-refractivity contribution < 1.29 is 22.0 Å². The van der Waals surface area contributed by atoms with Crippen LogP contribution in [0, 0.1) is 0 Å². The van der Waals surface area contributed by atoms with E-state index in [1.54, 1.807) is 20.3 Å². The molecule has 6 heteroatoms. The lowest BCUT2D eigenvalue weighted by Crippen LogP contribution is -2.36. The van der Waals surface area contributed by atoms with Crippen molar-refractivity contribution in [1.82, 2.24) is 0 Å². The van der Waals surface area contributed by atoms with Gasteiger partial charge in [-0.1, -0.05) is 18.2 Å². The van der Waals surface area contributed by atoms with Crippen molar-refractivity contribution in [3.05, 3.63) is 35.4 Å². The predicted molar refractivity (Wildman–Crippen MR) is 65.6 cm³/mol. The molecule has 0 aliphatic heterocycles. The van der Waals surface area contributed by atoms with Crippen molar-refractivity contribution in [3.63, 3.8) is 0 Å². The molecular weight excluding hydrogens is 261 g/mol. The van der Waals surface area contributed by atoms with Gasteiger partial charge in [0.2, 0.25) is 0 Å². The van der Waals surface area contributed by atoms with Crippen molar-refractivity contribution in [2.45, 2.75) is 25.2 Å². The van der Waals surface area contributed by atoms with E-state index in [1.165, 1.54) is 12.1 Å². The lowest BCUT2D eigenvalue weighted by Gasteiger charge is -2.22. The van der Waals surface area contributed by atoms with E-state index in [4.69, 9.17) is 8.85 Å². The van der Waals surface area contributed by atoms with Crippen LogP contribution in [0.4, 0.5) is 13.2 Å². The summed E-state index contributed by atoms with van der Waals surface area (Å²) in [4.78, 5) is 0. The standard InChI is InChI=1S/C12H17F3O2Si/c1-16-18(3,17-2)8-7-10-5-4-6-11(9-10)12(13,14)15/h4-6,9H,7-8H2,1-3H3. The molecule has 0 bridgehead atoms. The van der Waals surface area contributed by atoms with E-state index in [1.807, 2.05) is 6.55 Å². The predicted octanol–water partition coefficient (Wildman–Crippen LogP) is 3.61. The van der Waals surface area contributed by atoms with Gasteiger partial charge in [0.25, 0.3) is 0 Å². The number of aryl methyl sites for hydroxylation is 1. The minimum absolute atomic E-state index is 0.522. The minimum atomic E-state index is -4.29. The van der Waals surface area contributed by atoms with Crippen molar-refractivity contribution >= 4 is 8.56 Å². The summed E-state index contributed by atoms with van der Waals surface area (Å²) in [5.74, 6) is 0. The molecule has 0 radical (unpaired) electrons. The molecule has 0 atom stereocenters. The molecule has 2 nitrogen and oxygen atoms in total. The second kappa shape index (κ2) is 5.86. The molecule has 1 aromatic rings. The number of alkyl halides is 3. The van der Waals surface area contributed by atoms with Gasteiger partial charge in [-0.3, -0.25) is 0 Å². The summed E-state index contributed by atoms with van der Waals surface area (Å²) >= 11 is 0. The zero-order chi connectivity index (χ0) is 13.8. The Morgan fingerprint density at radius 2 is 1.78 bits per heavy atom. The summed E-state index contributed by atoms with van der Waals surface area (Å²) in [7, 11) is 0.918. The van der Waals surface area contributed by atoms with Crippen molar-refractivity contribution in [3.8, 4) is 0 Å². The number of hydrogen-bond donors (Lipinski definition) is 0. The van der Waals surface area contributed by atoms with Gasteiger partial charge in [0, 0.05) is 14.2 Å². The number of benzene rings is 1. The topological polar surface area (TPSA) is 18.5 Å². The fraction of sp³-hybridized carbons (Fsp3) is 0.500. The van der Waals surface area contributed by atoms with Crippen LogP contribution in [0.5, 0.6) is 0 Å². The Labute approximate surface area is 106 Å². The zero-order valence-corrected chi connectivity index (χ0v) is 11.7. The third kappa shape index (κ3) is 4.11. The van der Waals surface area contributed by atoms with Gasteiger partial charge in [-0.2, -0.15) is 13.2 Å². The molecule has 0 saturated heterocycles. The second-order valence-corrected chi connectivity index (χ2v) is 7.82. The van der Waals surface area contributed by atoms with Gasteiger partial charge in [-0.15, -0.1) is 0 Å². The maximum atomic E-state index is 12.5. The summed E-state index contributed by atoms with van der Waals surface area (Å²) in [6.07, 6.45) is -3.77. The Hall–Kier alpha value is -0.853. The first-order valence-electron chi connectivity index (χ1n) is 5.57. The van der Waals surface area contributed by atoms with E-state index in [0.29, 0.717) is 18.0 Å². The van der Waals surface area contributed by atoms with Gasteiger partial charge < -0.3 is 8.85 Å². The average Bonchev–Trinajstić information content (AvgIpc) is 2.35. The zero-order valence-electron chi connectivity index (χ0n) is 10.7. The lowest BCUT2D eigenvalue weighted by atomic mass is 10.1. The SMILES string of the molecule is CO[Si](C)(CCc1cccc(C(F)(F)F)c1)OC. The first-order valence-corrected chi connectivity index (χ1v) is 8.09. The molecule has 1 rings (SSSR count). The largest absolute Gasteiger partial charge is 0.416 e. The molecule has 0 aliphatic rings. The maximum Gasteiger partial charge on any atom is 0.416 e. The highest BCUT2D eigenvalue weighted by atomic mass is 28.4. The molecule has 1 aromatic carbocycles. The van der Waals surface area contributed by atoms with Gasteiger partial charge >= 0.3 is 14.7 Å². The van der Waals surface area contributed by atoms with Crippen LogP contribution < -0.4 is 0 Å². The molecule has 0 fully saturated rings. The number of rotatable bonds is 5. The molecule has 0 aliphatic carbocycles. The third-order valence-electron chi connectivity index (χ3n) is 2.99. The molecule has 0 spiro atoms. The lowest BCUT2D eigenvalue weighted by molar-refractivity contribution is -0.137. The first kappa shape index (κ1) is 15.2. The monoisotopic (exact) mass is 278 g/mol. The van der Waals surface area contributed by atoms with E-state index in [0.717, 1.165) is 6.07 Å². The van der Waals surface area contributed by atoms with Gasteiger partial charge in [0.15, 0.2) is 0 Å². The Kier molecular flexibility index (Phi) is 4.95. The van der Waals surface area contributed by atoms with Crippen molar-refractivity contribution in [2.75, 3.05) is 14.2 Å². The van der Waals surface area contributed by atoms with E-state index in [9.17, 15) is 13.2 Å². The smallest absolute Gasteiger partial charge is 0.398 e. The van der Waals surface area contributed by atoms with E-state index in [2.05, 4.69) is 0 Å². The fourth-order valence-corrected chi connectivity index (χ4v) is 2.88. The average molecular weight is 278 g/mol. The van der Waals surface area contributed by atoms with E-state index in [-0.39, 0.29) is 0 Å². The molecule has 0 N–H and O–H groups in total. The van der Waals surface area contributed by atoms with E-state index >= 15 is 0 Å². The van der Waals surface area contributed by atoms with Crippen molar-refractivity contribution in [2.24, 2.45) is 0 Å². The van der Waals surface area contributed by atoms with E-state index < -0.39 is 20.3 Å². The Morgan fingerprint density at radius 1 is 1.17 bits per heavy atom. The highest BCUT2D eigenvalue weighted by Gasteiger charge is 2.31. The third-order valence-corrected chi connectivity index (χ3v) is 5.87. The van der Waals surface area contributed by atoms with Crippen LogP contribution in [-0.4, -0.2) is 22.8 Å². The molecular formula is C12H17F3O2Si. The summed E-state index contributed by atoms with van der Waals surface area (Å²) in [5, 5.41) is 0. The molecule has 0 aromatic heterocycles. The molecule has 0 saturated carbocycles. The molecule has 0 amide bonds. The van der Waals surface area contributed by atoms with Gasteiger partial charge in [0.1, 0.15) is 0 Å². The second-order valence-electron chi connectivity index (χ2n) is 4.24. The maximum absolute atomic E-state index is 12.5. The normalized spacial score (nSPS) is 12.8. The first-order chi connectivity index (χ1) is 8.30. The molecule has 102 valence electrons. The number of halogens is 3. The van der Waals surface area contributed by atoms with Crippen LogP contribution >= 0.6 is 0 Å². The fourth-order valence-electron chi connectivity index (χ4n) is 1.56. The van der Waals surface area contributed by atoms with Crippen LogP contribution in [0.15, 0.2) is 24.3 Å². The number of hydrogen-bond acceptors (Lipinski definition) is 2. The van der Waals surface area contributed by atoms with Crippen LogP contribution in [0.2, 0.25) is 12.6 Å². The summed E-state index contributed by atoms with van der Waals surface area (Å²) in [6, 6.07) is 6.00.